The van der Waals surface area contributed by atoms with Gasteiger partial charge in [0.1, 0.15) is 0 Å². The van der Waals surface area contributed by atoms with Gasteiger partial charge in [0.05, 0.1) is 13.0 Å². The Bertz CT molecular complexity index is 436. The van der Waals surface area contributed by atoms with Crippen molar-refractivity contribution in [2.45, 2.75) is 51.1 Å². The molecule has 2 rings (SSSR count). The molecule has 20 heavy (non-hydrogen) atoms. The van der Waals surface area contributed by atoms with Crippen molar-refractivity contribution in [2.75, 3.05) is 12.8 Å². The highest BCUT2D eigenvalue weighted by Gasteiger charge is 2.29. The molecular formula is C14H23N3O2S. The van der Waals surface area contributed by atoms with Gasteiger partial charge in [0.2, 0.25) is 0 Å². The summed E-state index contributed by atoms with van der Waals surface area (Å²) >= 11 is 1.49. The third-order valence-corrected chi connectivity index (χ3v) is 4.71. The summed E-state index contributed by atoms with van der Waals surface area (Å²) in [5.74, 6) is -0.126. The van der Waals surface area contributed by atoms with Crippen LogP contribution in [-0.2, 0) is 16.1 Å². The Hall–Kier alpha value is -1.14. The number of nitrogens with one attached hydrogen (secondary N) is 1. The SMILES string of the molecule is COC(=O)C1CCCCCCC1NCc1cnc(N)s1. The van der Waals surface area contributed by atoms with E-state index < -0.39 is 0 Å². The zero-order chi connectivity index (χ0) is 14.4. The molecule has 112 valence electrons. The number of carbonyl (C=O) groups excluding carboxylic acids is 1. The van der Waals surface area contributed by atoms with Crippen LogP contribution in [0.5, 0.6) is 0 Å². The molecule has 5 nitrogen and oxygen atoms in total. The third kappa shape index (κ3) is 4.18. The number of nitrogen functional groups attached to an aromatic ring is 1. The van der Waals surface area contributed by atoms with Gasteiger partial charge in [0.25, 0.3) is 0 Å². The van der Waals surface area contributed by atoms with Gasteiger partial charge in [-0.05, 0) is 12.8 Å². The van der Waals surface area contributed by atoms with Crippen LogP contribution in [0, 0.1) is 5.92 Å². The Kier molecular flexibility index (Phi) is 5.79. The average Bonchev–Trinajstić information content (AvgIpc) is 2.83. The van der Waals surface area contributed by atoms with Gasteiger partial charge in [-0.15, -0.1) is 11.3 Å². The molecular weight excluding hydrogens is 274 g/mol. The fraction of sp³-hybridized carbons (Fsp3) is 0.714. The Balaban J connectivity index is 1.97. The number of hydrogen-bond acceptors (Lipinski definition) is 6. The molecule has 1 aliphatic carbocycles. The number of esters is 1. The van der Waals surface area contributed by atoms with Crippen LogP contribution in [0.1, 0.15) is 43.4 Å². The second-order valence-corrected chi connectivity index (χ2v) is 6.42. The number of methoxy groups -OCH3 is 1. The van der Waals surface area contributed by atoms with Crippen molar-refractivity contribution >= 4 is 22.4 Å². The average molecular weight is 297 g/mol. The molecule has 1 fully saturated rings. The summed E-state index contributed by atoms with van der Waals surface area (Å²) in [7, 11) is 1.47. The van der Waals surface area contributed by atoms with Crippen LogP contribution in [0.3, 0.4) is 0 Å². The van der Waals surface area contributed by atoms with E-state index in [1.54, 1.807) is 6.20 Å². The van der Waals surface area contributed by atoms with E-state index in [4.69, 9.17) is 10.5 Å². The van der Waals surface area contributed by atoms with Gasteiger partial charge in [-0.25, -0.2) is 4.98 Å². The maximum absolute atomic E-state index is 12.0. The van der Waals surface area contributed by atoms with E-state index in [0.29, 0.717) is 11.7 Å². The monoisotopic (exact) mass is 297 g/mol. The van der Waals surface area contributed by atoms with Crippen molar-refractivity contribution in [3.05, 3.63) is 11.1 Å². The molecule has 1 aliphatic rings. The van der Waals surface area contributed by atoms with Gasteiger partial charge in [0.15, 0.2) is 5.13 Å². The molecule has 1 saturated carbocycles. The maximum Gasteiger partial charge on any atom is 0.310 e. The lowest BCUT2D eigenvalue weighted by atomic mass is 9.86. The quantitative estimate of drug-likeness (QED) is 0.834. The van der Waals surface area contributed by atoms with Crippen molar-refractivity contribution in [2.24, 2.45) is 5.92 Å². The van der Waals surface area contributed by atoms with Crippen molar-refractivity contribution in [3.63, 3.8) is 0 Å². The summed E-state index contributed by atoms with van der Waals surface area (Å²) in [6, 6.07) is 0.186. The van der Waals surface area contributed by atoms with E-state index in [1.165, 1.54) is 31.3 Å². The van der Waals surface area contributed by atoms with E-state index in [-0.39, 0.29) is 17.9 Å². The molecule has 0 radical (unpaired) electrons. The fourth-order valence-corrected chi connectivity index (χ4v) is 3.43. The molecule has 0 aromatic carbocycles. The summed E-state index contributed by atoms with van der Waals surface area (Å²) < 4.78 is 4.96. The Morgan fingerprint density at radius 2 is 2.20 bits per heavy atom. The van der Waals surface area contributed by atoms with Gasteiger partial charge in [0, 0.05) is 23.7 Å². The first-order chi connectivity index (χ1) is 9.70. The Morgan fingerprint density at radius 1 is 1.45 bits per heavy atom. The number of thiazole rings is 1. The van der Waals surface area contributed by atoms with Gasteiger partial charge >= 0.3 is 5.97 Å². The number of aromatic nitrogens is 1. The van der Waals surface area contributed by atoms with Gasteiger partial charge in [-0.3, -0.25) is 4.79 Å². The van der Waals surface area contributed by atoms with Gasteiger partial charge < -0.3 is 15.8 Å². The van der Waals surface area contributed by atoms with E-state index in [9.17, 15) is 4.79 Å². The summed E-state index contributed by atoms with van der Waals surface area (Å²) in [6.45, 7) is 0.715. The van der Waals surface area contributed by atoms with Crippen molar-refractivity contribution in [1.82, 2.24) is 10.3 Å². The smallest absolute Gasteiger partial charge is 0.310 e. The third-order valence-electron chi connectivity index (χ3n) is 3.88. The lowest BCUT2D eigenvalue weighted by Crippen LogP contribution is -2.40. The number of anilines is 1. The molecule has 0 saturated heterocycles. The minimum absolute atomic E-state index is 0.0365. The highest BCUT2D eigenvalue weighted by Crippen LogP contribution is 2.25. The summed E-state index contributed by atoms with van der Waals surface area (Å²) in [6.07, 6.45) is 8.46. The molecule has 1 aromatic heterocycles. The number of nitrogens with two attached hydrogens (primary N) is 1. The number of nitrogens with zero attached hydrogens (tertiary/aromatic N) is 1. The molecule has 0 bridgehead atoms. The molecule has 6 heteroatoms. The second kappa shape index (κ2) is 7.59. The molecule has 2 unspecified atom stereocenters. The molecule has 0 aliphatic heterocycles. The minimum Gasteiger partial charge on any atom is -0.469 e. The van der Waals surface area contributed by atoms with Crippen molar-refractivity contribution in [1.29, 1.82) is 0 Å². The minimum atomic E-state index is -0.0896. The van der Waals surface area contributed by atoms with Crippen LogP contribution in [0.15, 0.2) is 6.20 Å². The Morgan fingerprint density at radius 3 is 2.85 bits per heavy atom. The molecule has 0 amide bonds. The topological polar surface area (TPSA) is 77.2 Å². The van der Waals surface area contributed by atoms with Gasteiger partial charge in [-0.1, -0.05) is 25.7 Å². The van der Waals surface area contributed by atoms with Crippen molar-refractivity contribution < 1.29 is 9.53 Å². The zero-order valence-corrected chi connectivity index (χ0v) is 12.7. The van der Waals surface area contributed by atoms with E-state index in [1.807, 2.05) is 0 Å². The standard InChI is InChI=1S/C14H23N3O2S/c1-19-13(18)11-6-4-2-3-5-7-12(11)16-8-10-9-17-14(15)20-10/h9,11-12,16H,2-8H2,1H3,(H2,15,17). The summed E-state index contributed by atoms with van der Waals surface area (Å²) in [4.78, 5) is 17.1. The molecule has 1 aromatic rings. The Labute approximate surface area is 123 Å². The number of ether oxygens (including phenoxy) is 1. The lowest BCUT2D eigenvalue weighted by molar-refractivity contribution is -0.147. The molecule has 2 atom stereocenters. The predicted molar refractivity (Wildman–Crippen MR) is 80.4 cm³/mol. The van der Waals surface area contributed by atoms with Gasteiger partial charge in [-0.2, -0.15) is 0 Å². The maximum atomic E-state index is 12.0. The van der Waals surface area contributed by atoms with E-state index in [2.05, 4.69) is 10.3 Å². The number of carbonyl (C=O) groups is 1. The van der Waals surface area contributed by atoms with Crippen LogP contribution < -0.4 is 11.1 Å². The first-order valence-corrected chi connectivity index (χ1v) is 8.03. The molecule has 3 N–H and O–H groups in total. The summed E-state index contributed by atoms with van der Waals surface area (Å²) in [5, 5.41) is 4.09. The first kappa shape index (κ1) is 15.3. The molecule has 1 heterocycles. The van der Waals surface area contributed by atoms with Crippen LogP contribution >= 0.6 is 11.3 Å². The fourth-order valence-electron chi connectivity index (χ4n) is 2.80. The largest absolute Gasteiger partial charge is 0.469 e. The second-order valence-electron chi connectivity index (χ2n) is 5.27. The normalized spacial score (nSPS) is 23.9. The van der Waals surface area contributed by atoms with Crippen molar-refractivity contribution in [3.8, 4) is 0 Å². The lowest BCUT2D eigenvalue weighted by Gasteiger charge is -2.28. The highest BCUT2D eigenvalue weighted by molar-refractivity contribution is 7.15. The number of hydrogen-bond donors (Lipinski definition) is 2. The van der Waals surface area contributed by atoms with Crippen LogP contribution in [-0.4, -0.2) is 24.1 Å². The van der Waals surface area contributed by atoms with E-state index in [0.717, 1.165) is 30.6 Å². The van der Waals surface area contributed by atoms with Crippen LogP contribution in [0.25, 0.3) is 0 Å². The zero-order valence-electron chi connectivity index (χ0n) is 11.9. The predicted octanol–water partition coefficient (Wildman–Crippen LogP) is 2.33. The number of rotatable bonds is 4. The van der Waals surface area contributed by atoms with Crippen LogP contribution in [0.4, 0.5) is 5.13 Å². The highest BCUT2D eigenvalue weighted by atomic mass is 32.1. The van der Waals surface area contributed by atoms with E-state index >= 15 is 0 Å². The first-order valence-electron chi connectivity index (χ1n) is 7.22. The molecule has 0 spiro atoms. The van der Waals surface area contributed by atoms with Crippen LogP contribution in [0.2, 0.25) is 0 Å². The summed E-state index contributed by atoms with van der Waals surface area (Å²) in [5.41, 5.74) is 5.64.